The van der Waals surface area contributed by atoms with Gasteiger partial charge in [-0.2, -0.15) is 9.35 Å². The smallest absolute Gasteiger partial charge is 0.296 e. The highest BCUT2D eigenvalue weighted by atomic mass is 35.5. The number of hydrogen-bond donors (Lipinski definition) is 2. The Morgan fingerprint density at radius 3 is 2.71 bits per heavy atom. The summed E-state index contributed by atoms with van der Waals surface area (Å²) in [4.78, 5) is 19.2. The fourth-order valence-corrected chi connectivity index (χ4v) is 6.40. The first-order chi connectivity index (χ1) is 19.7. The number of halogens is 1. The van der Waals surface area contributed by atoms with Crippen molar-refractivity contribution in [3.63, 3.8) is 0 Å². The maximum atomic E-state index is 12.1. The Kier molecular flexibility index (Phi) is 6.62. The molecule has 1 aromatic carbocycles. The second kappa shape index (κ2) is 10.2. The number of anilines is 1. The van der Waals surface area contributed by atoms with Gasteiger partial charge in [0.15, 0.2) is 11.5 Å². The van der Waals surface area contributed by atoms with E-state index in [9.17, 15) is 9.32 Å². The van der Waals surface area contributed by atoms with Crippen LogP contribution in [0.1, 0.15) is 11.3 Å². The van der Waals surface area contributed by atoms with Crippen LogP contribution in [-0.2, 0) is 32.3 Å². The molecule has 41 heavy (non-hydrogen) atoms. The summed E-state index contributed by atoms with van der Waals surface area (Å²) in [5.74, 6) is 0.515. The van der Waals surface area contributed by atoms with E-state index in [4.69, 9.17) is 30.8 Å². The van der Waals surface area contributed by atoms with Gasteiger partial charge in [0.2, 0.25) is 0 Å². The van der Waals surface area contributed by atoms with Crippen molar-refractivity contribution in [3.8, 4) is 17.3 Å². The van der Waals surface area contributed by atoms with Crippen LogP contribution in [0.2, 0.25) is 5.02 Å². The van der Waals surface area contributed by atoms with Crippen molar-refractivity contribution in [2.45, 2.75) is 31.4 Å². The zero-order valence-electron chi connectivity index (χ0n) is 22.5. The molecule has 13 heteroatoms. The molecule has 3 aliphatic rings. The molecule has 4 aromatic rings. The number of ether oxygens (including phenoxy) is 3. The molecule has 7 rings (SSSR count). The maximum absolute atomic E-state index is 12.1. The number of aliphatic hydroxyl groups excluding tert-OH is 1. The number of aromatic amines is 1. The number of aromatic nitrogens is 4. The molecule has 0 unspecified atom stereocenters. The van der Waals surface area contributed by atoms with Crippen molar-refractivity contribution in [1.82, 2.24) is 19.9 Å². The molecule has 2 N–H and O–H groups in total. The van der Waals surface area contributed by atoms with E-state index in [1.165, 1.54) is 0 Å². The Morgan fingerprint density at radius 2 is 1.90 bits per heavy atom. The zero-order chi connectivity index (χ0) is 28.3. The number of H-pyrrole nitrogens is 1. The average molecular weight is 597 g/mol. The summed E-state index contributed by atoms with van der Waals surface area (Å²) in [6.07, 6.45) is 2.15. The van der Waals surface area contributed by atoms with Crippen LogP contribution in [0.15, 0.2) is 46.8 Å². The molecule has 11 nitrogen and oxygen atoms in total. The SMILES string of the molecule is CS(C)(=O)=Nc1ccc2c(n1)CN(c1ccc(-c3nc4nc(OC[C@@H]5CO[C@H]6[C@@H]5OC[C@H]6O)[nH]c4cc3Cl)cc1)C2. The molecule has 3 aliphatic heterocycles. The molecule has 0 spiro atoms. The Bertz CT molecular complexity index is 1750. The number of imidazole rings is 1. The standard InChI is InChI=1S/C28H29ClN6O5S/c1-41(2,37)34-23-8-5-16-10-35(11-21(16)30-23)18-6-3-15(4-7-18)24-19(29)9-20-27(32-24)33-28(31-20)40-13-17-12-38-26-22(36)14-39-25(17)26/h3-9,17,22,25-26,36H,10-14H2,1-2H3,(H,31,32,33)/t17-,22+,25+,26+/m0/s1. The second-order valence-corrected chi connectivity index (χ2v) is 13.9. The third-order valence-electron chi connectivity index (χ3n) is 7.54. The van der Waals surface area contributed by atoms with Gasteiger partial charge in [-0.05, 0) is 29.8 Å². The van der Waals surface area contributed by atoms with Crippen LogP contribution in [0, 0.1) is 5.92 Å². The van der Waals surface area contributed by atoms with Crippen molar-refractivity contribution >= 4 is 44.0 Å². The van der Waals surface area contributed by atoms with E-state index in [0.29, 0.717) is 53.5 Å². The van der Waals surface area contributed by atoms with Crippen LogP contribution in [-0.4, -0.2) is 79.9 Å². The molecule has 214 valence electrons. The molecule has 0 saturated carbocycles. The van der Waals surface area contributed by atoms with Crippen molar-refractivity contribution in [2.75, 3.05) is 37.2 Å². The van der Waals surface area contributed by atoms with E-state index in [1.807, 2.05) is 36.4 Å². The van der Waals surface area contributed by atoms with E-state index < -0.39 is 15.8 Å². The van der Waals surface area contributed by atoms with Crippen molar-refractivity contribution in [1.29, 1.82) is 0 Å². The summed E-state index contributed by atoms with van der Waals surface area (Å²) >= 11 is 6.63. The highest BCUT2D eigenvalue weighted by Gasteiger charge is 2.47. The van der Waals surface area contributed by atoms with Crippen LogP contribution in [0.5, 0.6) is 6.01 Å². The van der Waals surface area contributed by atoms with Crippen molar-refractivity contribution < 1.29 is 23.5 Å². The molecule has 6 heterocycles. The third kappa shape index (κ3) is 5.26. The number of hydrogen-bond acceptors (Lipinski definition) is 10. The first kappa shape index (κ1) is 26.6. The summed E-state index contributed by atoms with van der Waals surface area (Å²) < 4.78 is 33.5. The van der Waals surface area contributed by atoms with Gasteiger partial charge in [0.25, 0.3) is 6.01 Å². The van der Waals surface area contributed by atoms with Crippen molar-refractivity contribution in [3.05, 3.63) is 58.7 Å². The molecule has 0 aliphatic carbocycles. The fourth-order valence-electron chi connectivity index (χ4n) is 5.58. The predicted octanol–water partition coefficient (Wildman–Crippen LogP) is 3.71. The second-order valence-electron chi connectivity index (χ2n) is 10.9. The number of aliphatic hydroxyl groups is 1. The summed E-state index contributed by atoms with van der Waals surface area (Å²) in [5, 5.41) is 10.4. The number of nitrogens with one attached hydrogen (secondary N) is 1. The monoisotopic (exact) mass is 596 g/mol. The van der Waals surface area contributed by atoms with Crippen LogP contribution >= 0.6 is 11.6 Å². The molecule has 0 amide bonds. The lowest BCUT2D eigenvalue weighted by Gasteiger charge is -2.17. The molecule has 2 saturated heterocycles. The van der Waals surface area contributed by atoms with Gasteiger partial charge in [0, 0.05) is 46.0 Å². The van der Waals surface area contributed by atoms with Crippen LogP contribution in [0.3, 0.4) is 0 Å². The highest BCUT2D eigenvalue weighted by Crippen LogP contribution is 2.34. The Hall–Kier alpha value is -3.29. The lowest BCUT2D eigenvalue weighted by molar-refractivity contribution is 0.0151. The average Bonchev–Trinajstić information content (AvgIpc) is 3.70. The van der Waals surface area contributed by atoms with Gasteiger partial charge in [-0.1, -0.05) is 29.8 Å². The van der Waals surface area contributed by atoms with E-state index >= 15 is 0 Å². The minimum Gasteiger partial charge on any atom is -0.464 e. The number of rotatable bonds is 6. The van der Waals surface area contributed by atoms with E-state index in [2.05, 4.69) is 24.2 Å². The molecular weight excluding hydrogens is 568 g/mol. The fraction of sp³-hybridized carbons (Fsp3) is 0.393. The number of benzene rings is 1. The first-order valence-electron chi connectivity index (χ1n) is 13.3. The van der Waals surface area contributed by atoms with E-state index in [-0.39, 0.29) is 24.7 Å². The molecule has 2 fully saturated rings. The Balaban J connectivity index is 1.05. The topological polar surface area (TPSA) is 135 Å². The normalized spacial score (nSPS) is 23.7. The lowest BCUT2D eigenvalue weighted by Crippen LogP contribution is -2.31. The van der Waals surface area contributed by atoms with Gasteiger partial charge < -0.3 is 29.2 Å². The molecule has 0 bridgehead atoms. The minimum atomic E-state index is -2.27. The van der Waals surface area contributed by atoms with E-state index in [0.717, 1.165) is 29.1 Å². The molecular formula is C28H29ClN6O5S. The highest BCUT2D eigenvalue weighted by molar-refractivity contribution is 7.92. The molecule has 0 radical (unpaired) electrons. The van der Waals surface area contributed by atoms with Gasteiger partial charge in [-0.3, -0.25) is 0 Å². The van der Waals surface area contributed by atoms with Crippen LogP contribution in [0.25, 0.3) is 22.4 Å². The maximum Gasteiger partial charge on any atom is 0.296 e. The lowest BCUT2D eigenvalue weighted by atomic mass is 10.0. The third-order valence-corrected chi connectivity index (χ3v) is 8.46. The molecule has 3 aromatic heterocycles. The van der Waals surface area contributed by atoms with E-state index in [1.54, 1.807) is 18.6 Å². The largest absolute Gasteiger partial charge is 0.464 e. The Labute approximate surface area is 242 Å². The summed E-state index contributed by atoms with van der Waals surface area (Å²) in [5.41, 5.74) is 5.80. The summed E-state index contributed by atoms with van der Waals surface area (Å²) in [6.45, 7) is 2.48. The van der Waals surface area contributed by atoms with Crippen LogP contribution < -0.4 is 9.64 Å². The summed E-state index contributed by atoms with van der Waals surface area (Å²) in [6, 6.07) is 14.0. The molecule has 4 atom stereocenters. The predicted molar refractivity (Wildman–Crippen MR) is 155 cm³/mol. The quantitative estimate of drug-likeness (QED) is 0.341. The van der Waals surface area contributed by atoms with Gasteiger partial charge in [0.05, 0.1) is 54.4 Å². The Morgan fingerprint density at radius 1 is 1.10 bits per heavy atom. The number of fused-ring (bicyclic) bond motifs is 3. The van der Waals surface area contributed by atoms with Gasteiger partial charge in [-0.15, -0.1) is 0 Å². The van der Waals surface area contributed by atoms with Gasteiger partial charge in [-0.25, -0.2) is 14.2 Å². The number of nitrogens with zero attached hydrogens (tertiary/aromatic N) is 5. The van der Waals surface area contributed by atoms with Gasteiger partial charge >= 0.3 is 0 Å². The first-order valence-corrected chi connectivity index (χ1v) is 16.0. The van der Waals surface area contributed by atoms with Gasteiger partial charge in [0.1, 0.15) is 12.2 Å². The zero-order valence-corrected chi connectivity index (χ0v) is 24.1. The minimum absolute atomic E-state index is 0.0122. The van der Waals surface area contributed by atoms with Crippen molar-refractivity contribution in [2.24, 2.45) is 10.3 Å². The van der Waals surface area contributed by atoms with Crippen LogP contribution in [0.4, 0.5) is 11.5 Å². The number of pyridine rings is 2. The summed E-state index contributed by atoms with van der Waals surface area (Å²) in [7, 11) is -2.27.